The van der Waals surface area contributed by atoms with Crippen molar-refractivity contribution in [1.29, 1.82) is 0 Å². The number of amides is 10. The number of carbonyl (C=O) groups excluding carboxylic acids is 10. The standard InChI is InChI=1S/C37H40N6O12/c1-37(2,3)55-36(54)43-27(47)17-15-23(33(43)51)42-32(50)19-9-7-11-21(29(19)35(42)53)39-25(45)13-5-4-12-24(44)38-20-10-6-8-18-28(20)34(52)41(31(18)49)22-14-16-26(46)40-30(22)48/h6-11,20,22-23,28,32,50H,4-5,12-17H2,1-3H3,(H,38,44)(H,39,45)(H,40,46,48). The van der Waals surface area contributed by atoms with Crippen LogP contribution >= 0.6 is 0 Å². The SMILES string of the molecule is CC(C)(C)OC(=O)N1C(=O)CCC(N2C(=O)c3c(NC(=O)CCCCC(=O)NC4C=CC=C5C(=O)N(C6CCC(=O)NC6=O)C(=O)C54)cccc3C2O)C1=O. The Morgan fingerprint density at radius 2 is 1.60 bits per heavy atom. The van der Waals surface area contributed by atoms with Crippen LogP contribution in [-0.2, 0) is 43.1 Å². The molecule has 0 aromatic heterocycles. The number of aliphatic hydroxyl groups is 1. The molecule has 4 N–H and O–H groups in total. The summed E-state index contributed by atoms with van der Waals surface area (Å²) in [6.45, 7) is 4.69. The van der Waals surface area contributed by atoms with Crippen LogP contribution in [0.4, 0.5) is 10.5 Å². The molecule has 3 fully saturated rings. The van der Waals surface area contributed by atoms with Gasteiger partial charge in [-0.25, -0.2) is 4.79 Å². The fourth-order valence-electron chi connectivity index (χ4n) is 7.32. The van der Waals surface area contributed by atoms with Crippen molar-refractivity contribution in [2.75, 3.05) is 5.32 Å². The lowest BCUT2D eigenvalue weighted by Crippen LogP contribution is -2.57. The second-order valence-corrected chi connectivity index (χ2v) is 14.8. The summed E-state index contributed by atoms with van der Waals surface area (Å²) in [7, 11) is 0. The smallest absolute Gasteiger partial charge is 0.424 e. The van der Waals surface area contributed by atoms with Gasteiger partial charge in [0, 0.05) is 36.8 Å². The maximum Gasteiger partial charge on any atom is 0.424 e. The van der Waals surface area contributed by atoms with Gasteiger partial charge in [-0.15, -0.1) is 0 Å². The number of nitrogens with zero attached hydrogens (tertiary/aromatic N) is 3. The lowest BCUT2D eigenvalue weighted by Gasteiger charge is -2.36. The lowest BCUT2D eigenvalue weighted by atomic mass is 9.89. The number of piperidine rings is 2. The number of benzene rings is 1. The molecule has 5 atom stereocenters. The van der Waals surface area contributed by atoms with Gasteiger partial charge in [-0.1, -0.05) is 30.4 Å². The average Bonchev–Trinajstić information content (AvgIpc) is 3.51. The van der Waals surface area contributed by atoms with Gasteiger partial charge in [0.05, 0.1) is 23.2 Å². The van der Waals surface area contributed by atoms with Crippen LogP contribution in [0.1, 0.15) is 94.3 Å². The van der Waals surface area contributed by atoms with Gasteiger partial charge < -0.3 is 20.5 Å². The van der Waals surface area contributed by atoms with Crippen LogP contribution in [0, 0.1) is 5.92 Å². The summed E-state index contributed by atoms with van der Waals surface area (Å²) in [4.78, 5) is 131. The highest BCUT2D eigenvalue weighted by Gasteiger charge is 2.53. The first kappa shape index (κ1) is 38.7. The Balaban J connectivity index is 1.01. The van der Waals surface area contributed by atoms with Crippen LogP contribution < -0.4 is 16.0 Å². The molecular formula is C37H40N6O12. The molecule has 1 aromatic rings. The topological polar surface area (TPSA) is 246 Å². The van der Waals surface area contributed by atoms with Crippen molar-refractivity contribution < 1.29 is 57.8 Å². The van der Waals surface area contributed by atoms with Gasteiger partial charge in [0.15, 0.2) is 6.23 Å². The molecule has 0 spiro atoms. The molecule has 1 aromatic carbocycles. The van der Waals surface area contributed by atoms with Crippen molar-refractivity contribution >= 4 is 64.9 Å². The molecule has 1 aliphatic carbocycles. The number of ether oxygens (including phenoxy) is 1. The highest BCUT2D eigenvalue weighted by Crippen LogP contribution is 2.40. The van der Waals surface area contributed by atoms with Crippen LogP contribution in [0.15, 0.2) is 42.0 Å². The molecule has 0 bridgehead atoms. The summed E-state index contributed by atoms with van der Waals surface area (Å²) >= 11 is 0. The Morgan fingerprint density at radius 1 is 0.909 bits per heavy atom. The van der Waals surface area contributed by atoms with E-state index in [1.807, 2.05) is 0 Å². The third kappa shape index (κ3) is 7.53. The maximum absolute atomic E-state index is 13.7. The predicted octanol–water partition coefficient (Wildman–Crippen LogP) is 0.856. The van der Waals surface area contributed by atoms with Crippen molar-refractivity contribution in [1.82, 2.24) is 25.3 Å². The lowest BCUT2D eigenvalue weighted by molar-refractivity contribution is -0.153. The van der Waals surface area contributed by atoms with Gasteiger partial charge in [-0.2, -0.15) is 4.90 Å². The van der Waals surface area contributed by atoms with Gasteiger partial charge in [-0.05, 0) is 52.5 Å². The fourth-order valence-corrected chi connectivity index (χ4v) is 7.32. The normalized spacial score (nSPS) is 25.1. The maximum atomic E-state index is 13.7. The number of likely N-dealkylation sites (tertiary alicyclic amines) is 2. The second-order valence-electron chi connectivity index (χ2n) is 14.8. The van der Waals surface area contributed by atoms with Crippen molar-refractivity contribution in [2.45, 2.75) is 102 Å². The van der Waals surface area contributed by atoms with Crippen molar-refractivity contribution in [3.63, 3.8) is 0 Å². The monoisotopic (exact) mass is 760 g/mol. The molecule has 5 aliphatic rings. The van der Waals surface area contributed by atoms with E-state index < -0.39 is 95.1 Å². The van der Waals surface area contributed by atoms with Crippen LogP contribution in [0.2, 0.25) is 0 Å². The summed E-state index contributed by atoms with van der Waals surface area (Å²) in [5.74, 6) is -7.12. The zero-order valence-corrected chi connectivity index (χ0v) is 30.3. The minimum Gasteiger partial charge on any atom is -0.443 e. The number of carbonyl (C=O) groups is 10. The molecule has 4 aliphatic heterocycles. The molecule has 4 heterocycles. The number of anilines is 1. The number of imide groups is 5. The third-order valence-electron chi connectivity index (χ3n) is 9.82. The number of unbranched alkanes of at least 4 members (excludes halogenated alkanes) is 1. The molecule has 10 amide bonds. The number of nitrogens with one attached hydrogen (secondary N) is 3. The molecule has 55 heavy (non-hydrogen) atoms. The molecule has 0 saturated carbocycles. The highest BCUT2D eigenvalue weighted by atomic mass is 16.6. The van der Waals surface area contributed by atoms with E-state index in [1.165, 1.54) is 30.4 Å². The van der Waals surface area contributed by atoms with E-state index in [9.17, 15) is 53.1 Å². The quantitative estimate of drug-likeness (QED) is 0.202. The zero-order valence-electron chi connectivity index (χ0n) is 30.3. The van der Waals surface area contributed by atoms with Crippen molar-refractivity contribution in [3.8, 4) is 0 Å². The third-order valence-corrected chi connectivity index (χ3v) is 9.82. The predicted molar refractivity (Wildman–Crippen MR) is 186 cm³/mol. The van der Waals surface area contributed by atoms with E-state index in [1.54, 1.807) is 26.8 Å². The van der Waals surface area contributed by atoms with E-state index in [0.717, 1.165) is 9.80 Å². The molecule has 5 unspecified atom stereocenters. The summed E-state index contributed by atoms with van der Waals surface area (Å²) < 4.78 is 5.21. The first-order valence-electron chi connectivity index (χ1n) is 17.9. The Hall–Kier alpha value is -6.04. The number of allylic oxidation sites excluding steroid dienone is 2. The number of hydrogen-bond acceptors (Lipinski definition) is 12. The van der Waals surface area contributed by atoms with Crippen LogP contribution in [0.3, 0.4) is 0 Å². The minimum atomic E-state index is -1.61. The zero-order chi connectivity index (χ0) is 39.9. The van der Waals surface area contributed by atoms with Gasteiger partial charge in [0.2, 0.25) is 35.4 Å². The minimum absolute atomic E-state index is 0.00448. The Labute approximate surface area is 314 Å². The van der Waals surface area contributed by atoms with E-state index in [-0.39, 0.29) is 73.8 Å². The fraction of sp³-hybridized carbons (Fsp3) is 0.459. The Kier molecular flexibility index (Phi) is 10.6. The summed E-state index contributed by atoms with van der Waals surface area (Å²) in [5.41, 5.74) is -0.746. The average molecular weight is 761 g/mol. The second kappa shape index (κ2) is 15.0. The van der Waals surface area contributed by atoms with Crippen LogP contribution in [0.5, 0.6) is 0 Å². The Morgan fingerprint density at radius 3 is 2.29 bits per heavy atom. The highest BCUT2D eigenvalue weighted by molar-refractivity contribution is 6.19. The summed E-state index contributed by atoms with van der Waals surface area (Å²) in [5, 5.41) is 18.7. The van der Waals surface area contributed by atoms with E-state index >= 15 is 0 Å². The van der Waals surface area contributed by atoms with Gasteiger partial charge >= 0.3 is 6.09 Å². The van der Waals surface area contributed by atoms with Gasteiger partial charge in [0.25, 0.3) is 17.7 Å². The van der Waals surface area contributed by atoms with Crippen LogP contribution in [0.25, 0.3) is 0 Å². The van der Waals surface area contributed by atoms with Gasteiger partial charge in [-0.3, -0.25) is 58.3 Å². The van der Waals surface area contributed by atoms with E-state index in [4.69, 9.17) is 4.74 Å². The summed E-state index contributed by atoms with van der Waals surface area (Å²) in [6.07, 6.45) is 1.77. The molecule has 6 rings (SSSR count). The molecule has 18 heteroatoms. The first-order chi connectivity index (χ1) is 26.0. The van der Waals surface area contributed by atoms with Crippen molar-refractivity contribution in [3.05, 3.63) is 53.1 Å². The molecule has 0 radical (unpaired) electrons. The first-order valence-corrected chi connectivity index (χ1v) is 17.9. The number of aliphatic hydroxyl groups excluding tert-OH is 1. The van der Waals surface area contributed by atoms with Crippen LogP contribution in [-0.4, -0.2) is 103 Å². The number of hydrogen-bond donors (Lipinski definition) is 4. The largest absolute Gasteiger partial charge is 0.443 e. The molecule has 3 saturated heterocycles. The molecule has 18 nitrogen and oxygen atoms in total. The summed E-state index contributed by atoms with van der Waals surface area (Å²) in [6, 6.07) is 1.06. The van der Waals surface area contributed by atoms with Gasteiger partial charge in [0.1, 0.15) is 17.7 Å². The Bertz CT molecular complexity index is 1980. The van der Waals surface area contributed by atoms with Crippen molar-refractivity contribution in [2.24, 2.45) is 5.92 Å². The molecule has 290 valence electrons. The number of fused-ring (bicyclic) bond motifs is 2. The molecular weight excluding hydrogens is 720 g/mol. The van der Waals surface area contributed by atoms with E-state index in [0.29, 0.717) is 4.90 Å². The van der Waals surface area contributed by atoms with E-state index in [2.05, 4.69) is 16.0 Å². The number of rotatable bonds is 9.